The fourth-order valence-electron chi connectivity index (χ4n) is 2.58. The van der Waals surface area contributed by atoms with Crippen LogP contribution in [0.2, 0.25) is 0 Å². The first kappa shape index (κ1) is 19.6. The van der Waals surface area contributed by atoms with Gasteiger partial charge in [0.15, 0.2) is 0 Å². The summed E-state index contributed by atoms with van der Waals surface area (Å²) in [6, 6.07) is 9.93. The quantitative estimate of drug-likeness (QED) is 0.830. The first-order valence-corrected chi connectivity index (χ1v) is 8.37. The molecule has 2 rings (SSSR count). The van der Waals surface area contributed by atoms with Crippen LogP contribution in [0, 0.1) is 24.5 Å². The van der Waals surface area contributed by atoms with E-state index in [9.17, 15) is 18.4 Å². The second kappa shape index (κ2) is 8.56. The van der Waals surface area contributed by atoms with E-state index in [1.54, 1.807) is 13.8 Å². The van der Waals surface area contributed by atoms with Crippen molar-refractivity contribution in [1.29, 1.82) is 0 Å². The molecule has 4 nitrogen and oxygen atoms in total. The number of halogens is 2. The minimum Gasteiger partial charge on any atom is -0.350 e. The summed E-state index contributed by atoms with van der Waals surface area (Å²) in [5.41, 5.74) is 1.30. The van der Waals surface area contributed by atoms with Crippen LogP contribution in [0.5, 0.6) is 0 Å². The Morgan fingerprint density at radius 2 is 1.65 bits per heavy atom. The summed E-state index contributed by atoms with van der Waals surface area (Å²) in [7, 11) is 0. The van der Waals surface area contributed by atoms with E-state index in [0.29, 0.717) is 6.54 Å². The third-order valence-electron chi connectivity index (χ3n) is 3.97. The van der Waals surface area contributed by atoms with Crippen LogP contribution in [0.25, 0.3) is 0 Å². The molecular formula is C20H22F2N2O2. The van der Waals surface area contributed by atoms with Gasteiger partial charge in [-0.05, 0) is 30.5 Å². The molecular weight excluding hydrogens is 338 g/mol. The van der Waals surface area contributed by atoms with Crippen LogP contribution < -0.4 is 10.6 Å². The lowest BCUT2D eigenvalue weighted by Gasteiger charge is -2.22. The maximum atomic E-state index is 13.8. The maximum absolute atomic E-state index is 13.8. The molecule has 2 aromatic carbocycles. The molecule has 2 aromatic rings. The highest BCUT2D eigenvalue weighted by molar-refractivity contribution is 5.98. The molecule has 0 aliphatic rings. The summed E-state index contributed by atoms with van der Waals surface area (Å²) in [5, 5.41) is 5.18. The smallest absolute Gasteiger partial charge is 0.257 e. The van der Waals surface area contributed by atoms with Gasteiger partial charge < -0.3 is 10.6 Å². The topological polar surface area (TPSA) is 58.2 Å². The van der Waals surface area contributed by atoms with Crippen LogP contribution in [0.3, 0.4) is 0 Å². The van der Waals surface area contributed by atoms with Gasteiger partial charge in [0.1, 0.15) is 23.2 Å². The van der Waals surface area contributed by atoms with Crippen molar-refractivity contribution in [2.75, 3.05) is 0 Å². The number of carbonyl (C=O) groups is 2. The van der Waals surface area contributed by atoms with Gasteiger partial charge in [0.2, 0.25) is 5.91 Å². The predicted molar refractivity (Wildman–Crippen MR) is 95.5 cm³/mol. The fraction of sp³-hybridized carbons (Fsp3) is 0.300. The molecule has 1 unspecified atom stereocenters. The Hall–Kier alpha value is -2.76. The summed E-state index contributed by atoms with van der Waals surface area (Å²) >= 11 is 0. The number of rotatable bonds is 6. The minimum absolute atomic E-state index is 0.258. The molecule has 0 fully saturated rings. The molecule has 0 aromatic heterocycles. The van der Waals surface area contributed by atoms with Crippen molar-refractivity contribution in [3.8, 4) is 0 Å². The molecule has 0 saturated carbocycles. The number of nitrogens with one attached hydrogen (secondary N) is 2. The molecule has 0 spiro atoms. The highest BCUT2D eigenvalue weighted by Crippen LogP contribution is 2.13. The van der Waals surface area contributed by atoms with E-state index in [1.807, 2.05) is 31.2 Å². The summed E-state index contributed by atoms with van der Waals surface area (Å²) in [6.07, 6.45) is 0. The van der Waals surface area contributed by atoms with Gasteiger partial charge in [0.05, 0.1) is 0 Å². The van der Waals surface area contributed by atoms with Gasteiger partial charge in [-0.25, -0.2) is 8.78 Å². The van der Waals surface area contributed by atoms with Gasteiger partial charge in [-0.3, -0.25) is 9.59 Å². The molecule has 0 radical (unpaired) electrons. The van der Waals surface area contributed by atoms with Crippen molar-refractivity contribution in [3.05, 3.63) is 70.8 Å². The lowest BCUT2D eigenvalue weighted by molar-refractivity contribution is -0.124. The first-order chi connectivity index (χ1) is 12.3. The number of amides is 2. The Kier molecular flexibility index (Phi) is 6.44. The number of carbonyl (C=O) groups excluding carboxylic acids is 2. The minimum atomic E-state index is -0.967. The van der Waals surface area contributed by atoms with E-state index in [-0.39, 0.29) is 5.92 Å². The maximum Gasteiger partial charge on any atom is 0.257 e. The van der Waals surface area contributed by atoms with Crippen LogP contribution in [0.4, 0.5) is 8.78 Å². The Morgan fingerprint density at radius 1 is 1.04 bits per heavy atom. The highest BCUT2D eigenvalue weighted by atomic mass is 19.1. The van der Waals surface area contributed by atoms with Gasteiger partial charge in [0, 0.05) is 6.54 Å². The molecule has 0 bridgehead atoms. The zero-order valence-corrected chi connectivity index (χ0v) is 15.0. The van der Waals surface area contributed by atoms with Crippen molar-refractivity contribution in [1.82, 2.24) is 10.6 Å². The van der Waals surface area contributed by atoms with E-state index in [1.165, 1.54) is 6.07 Å². The molecule has 0 aliphatic heterocycles. The standard InChI is InChI=1S/C20H22F2N2O2/c1-12(2)18(20(26)23-11-14-7-4-6-13(3)10-14)24-19(25)17-15(21)8-5-9-16(17)22/h4-10,12,18H,11H2,1-3H3,(H,23,26)(H,24,25). The summed E-state index contributed by atoms with van der Waals surface area (Å²) < 4.78 is 27.5. The van der Waals surface area contributed by atoms with Crippen molar-refractivity contribution < 1.29 is 18.4 Å². The van der Waals surface area contributed by atoms with E-state index in [4.69, 9.17) is 0 Å². The molecule has 0 saturated heterocycles. The average Bonchev–Trinajstić information content (AvgIpc) is 2.57. The van der Waals surface area contributed by atoms with E-state index < -0.39 is 35.1 Å². The Morgan fingerprint density at radius 3 is 2.23 bits per heavy atom. The molecule has 2 N–H and O–H groups in total. The number of aryl methyl sites for hydroxylation is 1. The zero-order valence-electron chi connectivity index (χ0n) is 15.0. The van der Waals surface area contributed by atoms with Crippen molar-refractivity contribution in [2.45, 2.75) is 33.4 Å². The Bertz CT molecular complexity index is 786. The monoisotopic (exact) mass is 360 g/mol. The van der Waals surface area contributed by atoms with E-state index in [0.717, 1.165) is 23.3 Å². The van der Waals surface area contributed by atoms with E-state index >= 15 is 0 Å². The van der Waals surface area contributed by atoms with Crippen LogP contribution >= 0.6 is 0 Å². The molecule has 2 amide bonds. The Balaban J connectivity index is 2.08. The first-order valence-electron chi connectivity index (χ1n) is 8.37. The second-order valence-corrected chi connectivity index (χ2v) is 6.50. The number of benzene rings is 2. The predicted octanol–water partition coefficient (Wildman–Crippen LogP) is 3.34. The molecule has 6 heteroatoms. The molecule has 1 atom stereocenters. The van der Waals surface area contributed by atoms with Crippen LogP contribution in [-0.4, -0.2) is 17.9 Å². The number of hydrogen-bond donors (Lipinski definition) is 2. The summed E-state index contributed by atoms with van der Waals surface area (Å²) in [5.74, 6) is -3.56. The van der Waals surface area contributed by atoms with Crippen LogP contribution in [0.1, 0.15) is 35.3 Å². The zero-order chi connectivity index (χ0) is 19.3. The molecule has 138 valence electrons. The van der Waals surface area contributed by atoms with Crippen LogP contribution in [0.15, 0.2) is 42.5 Å². The SMILES string of the molecule is Cc1cccc(CNC(=O)C(NC(=O)c2c(F)cccc2F)C(C)C)c1. The van der Waals surface area contributed by atoms with Gasteiger partial charge in [-0.2, -0.15) is 0 Å². The molecule has 0 heterocycles. The lowest BCUT2D eigenvalue weighted by Crippen LogP contribution is -2.49. The van der Waals surface area contributed by atoms with E-state index in [2.05, 4.69) is 10.6 Å². The van der Waals surface area contributed by atoms with Gasteiger partial charge >= 0.3 is 0 Å². The highest BCUT2D eigenvalue weighted by Gasteiger charge is 2.27. The Labute approximate surface area is 151 Å². The summed E-state index contributed by atoms with van der Waals surface area (Å²) in [4.78, 5) is 24.7. The normalized spacial score (nSPS) is 11.9. The van der Waals surface area contributed by atoms with Gasteiger partial charge in [-0.15, -0.1) is 0 Å². The molecule has 0 aliphatic carbocycles. The summed E-state index contributed by atoms with van der Waals surface area (Å²) in [6.45, 7) is 5.74. The fourth-order valence-corrected chi connectivity index (χ4v) is 2.58. The largest absolute Gasteiger partial charge is 0.350 e. The average molecular weight is 360 g/mol. The third kappa shape index (κ3) is 4.88. The van der Waals surface area contributed by atoms with Crippen molar-refractivity contribution >= 4 is 11.8 Å². The van der Waals surface area contributed by atoms with Crippen molar-refractivity contribution in [2.24, 2.45) is 5.92 Å². The van der Waals surface area contributed by atoms with Crippen LogP contribution in [-0.2, 0) is 11.3 Å². The van der Waals surface area contributed by atoms with Crippen molar-refractivity contribution in [3.63, 3.8) is 0 Å². The molecule has 26 heavy (non-hydrogen) atoms. The van der Waals surface area contributed by atoms with Gasteiger partial charge in [0.25, 0.3) is 5.91 Å². The number of hydrogen-bond acceptors (Lipinski definition) is 2. The second-order valence-electron chi connectivity index (χ2n) is 6.50. The third-order valence-corrected chi connectivity index (χ3v) is 3.97. The van der Waals surface area contributed by atoms with Gasteiger partial charge in [-0.1, -0.05) is 49.7 Å². The lowest BCUT2D eigenvalue weighted by atomic mass is 10.0.